The predicted molar refractivity (Wildman–Crippen MR) is 65.5 cm³/mol. The van der Waals surface area contributed by atoms with Crippen molar-refractivity contribution in [1.29, 1.82) is 0 Å². The van der Waals surface area contributed by atoms with Crippen molar-refractivity contribution < 1.29 is 14.3 Å². The highest BCUT2D eigenvalue weighted by Crippen LogP contribution is 2.30. The molecular weight excluding hydrogens is 240 g/mol. The third-order valence-electron chi connectivity index (χ3n) is 3.18. The summed E-state index contributed by atoms with van der Waals surface area (Å²) < 4.78 is 10.2. The Morgan fingerprint density at radius 2 is 2.53 bits per heavy atom. The van der Waals surface area contributed by atoms with Crippen LogP contribution in [0.1, 0.15) is 30.8 Å². The minimum absolute atomic E-state index is 0.120. The molecule has 94 valence electrons. The van der Waals surface area contributed by atoms with E-state index in [0.29, 0.717) is 5.69 Å². The zero-order chi connectivity index (χ0) is 12.5. The Kier molecular flexibility index (Phi) is 3.35. The lowest BCUT2D eigenvalue weighted by Crippen LogP contribution is -2.41. The number of carbonyl (C=O) groups excluding carboxylic acids is 1. The average molecular weight is 256 g/mol. The van der Waals surface area contributed by atoms with E-state index in [4.69, 9.17) is 4.74 Å². The van der Waals surface area contributed by atoms with Crippen LogP contribution in [-0.4, -0.2) is 36.3 Å². The summed E-state index contributed by atoms with van der Waals surface area (Å²) in [4.78, 5) is 15.5. The lowest BCUT2D eigenvalue weighted by atomic mass is 9.95. The summed E-state index contributed by atoms with van der Waals surface area (Å²) in [5.74, 6) is -0.407. The number of hydrogen-bond donors (Lipinski definition) is 1. The van der Waals surface area contributed by atoms with Crippen molar-refractivity contribution in [3.63, 3.8) is 0 Å². The maximum absolute atomic E-state index is 11.3. The first-order valence-electron chi connectivity index (χ1n) is 5.49. The smallest absolute Gasteiger partial charge is 0.357 e. The molecule has 2 atom stereocenters. The maximum atomic E-state index is 11.3. The van der Waals surface area contributed by atoms with Gasteiger partial charge in [0.1, 0.15) is 0 Å². The van der Waals surface area contributed by atoms with Crippen LogP contribution < -0.4 is 5.32 Å². The third-order valence-corrected chi connectivity index (χ3v) is 3.94. The molecule has 0 aliphatic carbocycles. The Morgan fingerprint density at radius 3 is 3.12 bits per heavy atom. The van der Waals surface area contributed by atoms with E-state index in [0.717, 1.165) is 18.2 Å². The van der Waals surface area contributed by atoms with Gasteiger partial charge in [-0.3, -0.25) is 0 Å². The van der Waals surface area contributed by atoms with E-state index in [2.05, 4.69) is 22.0 Å². The summed E-state index contributed by atoms with van der Waals surface area (Å²) in [5, 5.41) is 5.76. The van der Waals surface area contributed by atoms with Crippen LogP contribution in [0.25, 0.3) is 0 Å². The Hall–Kier alpha value is -1.14. The van der Waals surface area contributed by atoms with Gasteiger partial charge >= 0.3 is 5.97 Å². The number of anilines is 1. The van der Waals surface area contributed by atoms with Crippen molar-refractivity contribution in [2.75, 3.05) is 19.0 Å². The highest BCUT2D eigenvalue weighted by atomic mass is 32.1. The topological polar surface area (TPSA) is 60.5 Å². The summed E-state index contributed by atoms with van der Waals surface area (Å²) in [6.07, 6.45) is 1.06. The molecule has 5 nitrogen and oxygen atoms in total. The van der Waals surface area contributed by atoms with E-state index in [1.807, 2.05) is 6.92 Å². The predicted octanol–water partition coefficient (Wildman–Crippen LogP) is 1.91. The zero-order valence-corrected chi connectivity index (χ0v) is 11.0. The van der Waals surface area contributed by atoms with Crippen LogP contribution in [0, 0.1) is 0 Å². The second kappa shape index (κ2) is 4.62. The van der Waals surface area contributed by atoms with Gasteiger partial charge in [0, 0.05) is 12.0 Å². The van der Waals surface area contributed by atoms with Gasteiger partial charge in [0.05, 0.1) is 18.8 Å². The first-order valence-corrected chi connectivity index (χ1v) is 6.37. The number of nitrogens with zero attached hydrogens (tertiary/aromatic N) is 1. The molecule has 0 saturated carbocycles. The molecule has 0 spiro atoms. The number of hydrogen-bond acceptors (Lipinski definition) is 6. The summed E-state index contributed by atoms with van der Waals surface area (Å²) in [7, 11) is 1.35. The number of methoxy groups -OCH3 is 1. The second-order valence-corrected chi connectivity index (χ2v) is 5.19. The van der Waals surface area contributed by atoms with Crippen LogP contribution in [0.2, 0.25) is 0 Å². The van der Waals surface area contributed by atoms with Gasteiger partial charge in [0.25, 0.3) is 0 Å². The lowest BCUT2D eigenvalue weighted by Gasteiger charge is -2.28. The molecular formula is C11H16N2O3S. The van der Waals surface area contributed by atoms with Gasteiger partial charge in [-0.2, -0.15) is 0 Å². The molecule has 1 saturated heterocycles. The number of rotatable bonds is 3. The summed E-state index contributed by atoms with van der Waals surface area (Å²) in [5.41, 5.74) is 0.223. The molecule has 0 bridgehead atoms. The molecule has 0 aromatic carbocycles. The molecule has 1 N–H and O–H groups in total. The Balaban J connectivity index is 2.09. The lowest BCUT2D eigenvalue weighted by molar-refractivity contribution is 0.0595. The van der Waals surface area contributed by atoms with Crippen LogP contribution in [0.5, 0.6) is 0 Å². The van der Waals surface area contributed by atoms with Gasteiger partial charge in [-0.25, -0.2) is 9.78 Å². The number of nitrogens with one attached hydrogen (secondary N) is 1. The van der Waals surface area contributed by atoms with Gasteiger partial charge < -0.3 is 14.8 Å². The quantitative estimate of drug-likeness (QED) is 0.837. The molecule has 1 aliphatic heterocycles. The third kappa shape index (κ3) is 2.42. The van der Waals surface area contributed by atoms with Gasteiger partial charge in [0.15, 0.2) is 10.8 Å². The summed E-state index contributed by atoms with van der Waals surface area (Å²) in [6.45, 7) is 4.89. The van der Waals surface area contributed by atoms with Crippen molar-refractivity contribution >= 4 is 22.4 Å². The van der Waals surface area contributed by atoms with E-state index in [1.54, 1.807) is 5.38 Å². The van der Waals surface area contributed by atoms with Crippen molar-refractivity contribution in [1.82, 2.24) is 4.98 Å². The highest BCUT2D eigenvalue weighted by Gasteiger charge is 2.37. The summed E-state index contributed by atoms with van der Waals surface area (Å²) in [6, 6.07) is 0. The first kappa shape index (κ1) is 12.3. The van der Waals surface area contributed by atoms with Gasteiger partial charge in [-0.1, -0.05) is 0 Å². The minimum Gasteiger partial charge on any atom is -0.464 e. The molecule has 2 rings (SSSR count). The molecule has 1 aromatic heterocycles. The standard InChI is InChI=1S/C11H16N2O3S/c1-7-11(2,4-5-16-7)13-10-12-8(6-17-10)9(14)15-3/h6-7H,4-5H2,1-3H3,(H,12,13). The van der Waals surface area contributed by atoms with E-state index in [1.165, 1.54) is 18.4 Å². The number of ether oxygens (including phenoxy) is 2. The van der Waals surface area contributed by atoms with E-state index >= 15 is 0 Å². The molecule has 1 fully saturated rings. The molecule has 17 heavy (non-hydrogen) atoms. The highest BCUT2D eigenvalue weighted by molar-refractivity contribution is 7.13. The van der Waals surface area contributed by atoms with Crippen molar-refractivity contribution in [2.45, 2.75) is 31.9 Å². The number of aromatic nitrogens is 1. The van der Waals surface area contributed by atoms with E-state index in [9.17, 15) is 4.79 Å². The van der Waals surface area contributed by atoms with Crippen LogP contribution in [0.15, 0.2) is 5.38 Å². The maximum Gasteiger partial charge on any atom is 0.357 e. The van der Waals surface area contributed by atoms with Crippen molar-refractivity contribution in [3.8, 4) is 0 Å². The fraction of sp³-hybridized carbons (Fsp3) is 0.636. The first-order chi connectivity index (χ1) is 8.05. The number of thiazole rings is 1. The largest absolute Gasteiger partial charge is 0.464 e. The van der Waals surface area contributed by atoms with E-state index < -0.39 is 5.97 Å². The monoisotopic (exact) mass is 256 g/mol. The Labute approximate surface area is 104 Å². The van der Waals surface area contributed by atoms with E-state index in [-0.39, 0.29) is 11.6 Å². The molecule has 0 radical (unpaired) electrons. The van der Waals surface area contributed by atoms with Gasteiger partial charge in [-0.15, -0.1) is 11.3 Å². The number of carbonyl (C=O) groups is 1. The Bertz CT molecular complexity index is 421. The SMILES string of the molecule is COC(=O)c1csc(NC2(C)CCOC2C)n1. The molecule has 0 amide bonds. The second-order valence-electron chi connectivity index (χ2n) is 4.33. The number of esters is 1. The van der Waals surface area contributed by atoms with Crippen molar-refractivity contribution in [2.24, 2.45) is 0 Å². The van der Waals surface area contributed by atoms with Gasteiger partial charge in [-0.05, 0) is 20.3 Å². The zero-order valence-electron chi connectivity index (χ0n) is 10.1. The fourth-order valence-corrected chi connectivity index (χ4v) is 2.59. The van der Waals surface area contributed by atoms with Crippen LogP contribution in [-0.2, 0) is 9.47 Å². The van der Waals surface area contributed by atoms with Crippen LogP contribution in [0.4, 0.5) is 5.13 Å². The minimum atomic E-state index is -0.407. The van der Waals surface area contributed by atoms with Crippen LogP contribution >= 0.6 is 11.3 Å². The molecule has 2 unspecified atom stereocenters. The van der Waals surface area contributed by atoms with Crippen molar-refractivity contribution in [3.05, 3.63) is 11.1 Å². The molecule has 1 aromatic rings. The normalized spacial score (nSPS) is 28.1. The average Bonchev–Trinajstić information content (AvgIpc) is 2.87. The summed E-state index contributed by atoms with van der Waals surface area (Å²) >= 11 is 1.40. The Morgan fingerprint density at radius 1 is 1.76 bits per heavy atom. The fourth-order valence-electron chi connectivity index (χ4n) is 1.77. The molecule has 6 heteroatoms. The van der Waals surface area contributed by atoms with Crippen LogP contribution in [0.3, 0.4) is 0 Å². The molecule has 1 aliphatic rings. The molecule has 2 heterocycles. The van der Waals surface area contributed by atoms with Gasteiger partial charge in [0.2, 0.25) is 0 Å².